The van der Waals surface area contributed by atoms with Crippen LogP contribution in [-0.2, 0) is 11.3 Å². The van der Waals surface area contributed by atoms with Crippen LogP contribution in [0, 0.1) is 11.6 Å². The van der Waals surface area contributed by atoms with Gasteiger partial charge in [-0.3, -0.25) is 14.4 Å². The molecule has 0 aliphatic carbocycles. The fourth-order valence-electron chi connectivity index (χ4n) is 3.99. The Balaban J connectivity index is 1.25. The molecule has 9 nitrogen and oxygen atoms in total. The molecule has 39 heavy (non-hydrogen) atoms. The maximum atomic E-state index is 13.5. The number of aromatic amines is 1. The SMILES string of the molecule is O=C1Nc2cc(/C=C/CNC(=O)c3cc(Cl)nn(Cc4ccc(F)c(F)c4)c3=O)ccc2/C1=C/c1cnc[nH]1. The van der Waals surface area contributed by atoms with Crippen molar-refractivity contribution in [3.63, 3.8) is 0 Å². The van der Waals surface area contributed by atoms with Crippen LogP contribution in [0.5, 0.6) is 0 Å². The first kappa shape index (κ1) is 25.7. The van der Waals surface area contributed by atoms with Crippen molar-refractivity contribution in [2.24, 2.45) is 0 Å². The first-order valence-electron chi connectivity index (χ1n) is 11.6. The van der Waals surface area contributed by atoms with Crippen LogP contribution in [0.25, 0.3) is 17.7 Å². The summed E-state index contributed by atoms with van der Waals surface area (Å²) in [5.74, 6) is -2.99. The van der Waals surface area contributed by atoms with Crippen LogP contribution in [0.3, 0.4) is 0 Å². The van der Waals surface area contributed by atoms with Crippen LogP contribution in [0.4, 0.5) is 14.5 Å². The van der Waals surface area contributed by atoms with Gasteiger partial charge < -0.3 is 15.6 Å². The molecule has 0 spiro atoms. The number of nitrogens with one attached hydrogen (secondary N) is 3. The van der Waals surface area contributed by atoms with Crippen molar-refractivity contribution in [1.29, 1.82) is 0 Å². The minimum Gasteiger partial charge on any atom is -0.348 e. The highest BCUT2D eigenvalue weighted by Crippen LogP contribution is 2.33. The topological polar surface area (TPSA) is 122 Å². The Morgan fingerprint density at radius 1 is 1.10 bits per heavy atom. The lowest BCUT2D eigenvalue weighted by molar-refractivity contribution is -0.110. The highest BCUT2D eigenvalue weighted by Gasteiger charge is 2.24. The molecule has 1 aliphatic rings. The standard InChI is InChI=1S/C27H19ClF2N6O3/c28-24-11-20(27(39)36(35-24)13-16-4-6-21(29)22(30)8-16)25(37)32-7-1-2-15-3-5-18-19(10-17-12-31-14-33-17)26(38)34-23(18)9-15/h1-6,8-12,14H,7,13H2,(H,31,33)(H,32,37)(H,34,38)/b2-1+,19-10-. The lowest BCUT2D eigenvalue weighted by Crippen LogP contribution is -2.34. The van der Waals surface area contributed by atoms with E-state index in [0.717, 1.165) is 34.0 Å². The second-order valence-electron chi connectivity index (χ2n) is 8.53. The van der Waals surface area contributed by atoms with Gasteiger partial charge in [-0.1, -0.05) is 42.0 Å². The summed E-state index contributed by atoms with van der Waals surface area (Å²) in [5.41, 5.74) is 2.71. The van der Waals surface area contributed by atoms with Crippen molar-refractivity contribution in [3.8, 4) is 0 Å². The molecule has 1 aliphatic heterocycles. The lowest BCUT2D eigenvalue weighted by Gasteiger charge is -2.09. The van der Waals surface area contributed by atoms with Crippen molar-refractivity contribution in [1.82, 2.24) is 25.1 Å². The van der Waals surface area contributed by atoms with Crippen LogP contribution in [-0.4, -0.2) is 38.1 Å². The van der Waals surface area contributed by atoms with E-state index < -0.39 is 23.1 Å². The Labute approximate surface area is 224 Å². The third-order valence-electron chi connectivity index (χ3n) is 5.84. The van der Waals surface area contributed by atoms with E-state index in [-0.39, 0.29) is 35.3 Å². The molecule has 196 valence electrons. The van der Waals surface area contributed by atoms with Gasteiger partial charge in [0.05, 0.1) is 30.3 Å². The van der Waals surface area contributed by atoms with Gasteiger partial charge in [0.2, 0.25) is 0 Å². The largest absolute Gasteiger partial charge is 0.348 e. The number of benzene rings is 2. The Hall–Kier alpha value is -4.90. The van der Waals surface area contributed by atoms with Crippen molar-refractivity contribution < 1.29 is 18.4 Å². The Morgan fingerprint density at radius 3 is 2.72 bits per heavy atom. The maximum Gasteiger partial charge on any atom is 0.280 e. The number of fused-ring (bicyclic) bond motifs is 1. The molecule has 0 fully saturated rings. The number of aromatic nitrogens is 4. The van der Waals surface area contributed by atoms with Crippen LogP contribution >= 0.6 is 11.6 Å². The number of amides is 2. The highest BCUT2D eigenvalue weighted by molar-refractivity contribution is 6.34. The molecule has 4 aromatic rings. The van der Waals surface area contributed by atoms with E-state index in [1.807, 2.05) is 12.1 Å². The van der Waals surface area contributed by atoms with Crippen molar-refractivity contribution in [2.75, 3.05) is 11.9 Å². The second-order valence-corrected chi connectivity index (χ2v) is 8.92. The van der Waals surface area contributed by atoms with Gasteiger partial charge in [-0.2, -0.15) is 5.10 Å². The number of carbonyl (C=O) groups excluding carboxylic acids is 2. The molecule has 2 aromatic carbocycles. The number of imidazole rings is 1. The van der Waals surface area contributed by atoms with Gasteiger partial charge >= 0.3 is 0 Å². The summed E-state index contributed by atoms with van der Waals surface area (Å²) in [6, 6.07) is 9.78. The number of H-pyrrole nitrogens is 1. The van der Waals surface area contributed by atoms with Gasteiger partial charge in [-0.25, -0.2) is 18.4 Å². The average molecular weight is 549 g/mol. The van der Waals surface area contributed by atoms with Gasteiger partial charge in [-0.05, 0) is 41.5 Å². The molecular formula is C27H19ClF2N6O3. The zero-order valence-electron chi connectivity index (χ0n) is 20.0. The molecule has 0 saturated heterocycles. The third-order valence-corrected chi connectivity index (χ3v) is 6.03. The van der Waals surface area contributed by atoms with Crippen molar-refractivity contribution in [2.45, 2.75) is 6.54 Å². The van der Waals surface area contributed by atoms with Crippen LogP contribution in [0.2, 0.25) is 5.15 Å². The van der Waals surface area contributed by atoms with Crippen molar-refractivity contribution >= 4 is 46.8 Å². The van der Waals surface area contributed by atoms with Gasteiger partial charge in [0, 0.05) is 17.8 Å². The Kier molecular flexibility index (Phi) is 7.15. The van der Waals surface area contributed by atoms with Gasteiger partial charge in [0.1, 0.15) is 5.56 Å². The predicted octanol–water partition coefficient (Wildman–Crippen LogP) is 3.88. The first-order chi connectivity index (χ1) is 18.8. The van der Waals surface area contributed by atoms with E-state index >= 15 is 0 Å². The van der Waals surface area contributed by atoms with Crippen LogP contribution in [0.15, 0.2) is 65.9 Å². The number of rotatable bonds is 7. The van der Waals surface area contributed by atoms with E-state index in [9.17, 15) is 23.2 Å². The molecule has 0 radical (unpaired) electrons. The fourth-order valence-corrected chi connectivity index (χ4v) is 4.19. The smallest absolute Gasteiger partial charge is 0.280 e. The minimum absolute atomic E-state index is 0.0931. The summed E-state index contributed by atoms with van der Waals surface area (Å²) < 4.78 is 27.6. The molecular weight excluding hydrogens is 530 g/mol. The van der Waals surface area contributed by atoms with E-state index in [1.54, 1.807) is 30.5 Å². The highest BCUT2D eigenvalue weighted by atomic mass is 35.5. The van der Waals surface area contributed by atoms with Gasteiger partial charge in [0.15, 0.2) is 16.8 Å². The second kappa shape index (κ2) is 10.8. The summed E-state index contributed by atoms with van der Waals surface area (Å²) in [7, 11) is 0. The molecule has 5 rings (SSSR count). The van der Waals surface area contributed by atoms with Gasteiger partial charge in [0.25, 0.3) is 17.4 Å². The summed E-state index contributed by atoms with van der Waals surface area (Å²) >= 11 is 6.00. The minimum atomic E-state index is -1.07. The molecule has 0 bridgehead atoms. The van der Waals surface area contributed by atoms with Gasteiger partial charge in [-0.15, -0.1) is 0 Å². The molecule has 0 saturated carbocycles. The maximum absolute atomic E-state index is 13.5. The zero-order valence-corrected chi connectivity index (χ0v) is 20.8. The third kappa shape index (κ3) is 5.68. The Morgan fingerprint density at radius 2 is 1.95 bits per heavy atom. The number of halogens is 3. The fraction of sp³-hybridized carbons (Fsp3) is 0.0741. The van der Waals surface area contributed by atoms with Crippen molar-refractivity contribution in [3.05, 3.63) is 116 Å². The summed E-state index contributed by atoms with van der Waals surface area (Å²) in [6.45, 7) is -0.111. The number of anilines is 1. The summed E-state index contributed by atoms with van der Waals surface area (Å²) in [5, 5.41) is 9.21. The quantitative estimate of drug-likeness (QED) is 0.303. The molecule has 3 N–H and O–H groups in total. The monoisotopic (exact) mass is 548 g/mol. The molecule has 0 unspecified atom stereocenters. The number of hydrogen-bond donors (Lipinski definition) is 3. The number of hydrogen-bond acceptors (Lipinski definition) is 5. The first-order valence-corrected chi connectivity index (χ1v) is 12.0. The van der Waals surface area contributed by atoms with E-state index in [2.05, 4.69) is 25.7 Å². The normalized spacial score (nSPS) is 13.6. The number of nitrogens with zero attached hydrogens (tertiary/aromatic N) is 3. The molecule has 2 aromatic heterocycles. The molecule has 0 atom stereocenters. The van der Waals surface area contributed by atoms with Crippen LogP contribution < -0.4 is 16.2 Å². The molecule has 3 heterocycles. The van der Waals surface area contributed by atoms with E-state index in [0.29, 0.717) is 17.0 Å². The van der Waals surface area contributed by atoms with Crippen LogP contribution in [0.1, 0.15) is 32.7 Å². The van der Waals surface area contributed by atoms with E-state index in [4.69, 9.17) is 11.6 Å². The number of carbonyl (C=O) groups is 2. The molecule has 2 amide bonds. The predicted molar refractivity (Wildman–Crippen MR) is 142 cm³/mol. The Bertz CT molecular complexity index is 1710. The zero-order chi connectivity index (χ0) is 27.5. The lowest BCUT2D eigenvalue weighted by atomic mass is 10.0. The van der Waals surface area contributed by atoms with E-state index in [1.165, 1.54) is 12.4 Å². The summed E-state index contributed by atoms with van der Waals surface area (Å²) in [6.07, 6.45) is 8.30. The average Bonchev–Trinajstić information content (AvgIpc) is 3.53. The summed E-state index contributed by atoms with van der Waals surface area (Å²) in [4.78, 5) is 44.7. The molecule has 12 heteroatoms.